The molecule has 0 aliphatic heterocycles. The maximum absolute atomic E-state index is 12.5. The lowest BCUT2D eigenvalue weighted by atomic mass is 9.86. The van der Waals surface area contributed by atoms with Crippen molar-refractivity contribution in [2.45, 2.75) is 39.5 Å². The van der Waals surface area contributed by atoms with Gasteiger partial charge in [-0.2, -0.15) is 0 Å². The van der Waals surface area contributed by atoms with Crippen molar-refractivity contribution in [2.75, 3.05) is 6.54 Å². The Morgan fingerprint density at radius 2 is 1.81 bits per heavy atom. The number of nitrogens with one attached hydrogen (secondary N) is 1. The van der Waals surface area contributed by atoms with Gasteiger partial charge in [-0.15, -0.1) is 0 Å². The number of aromatic hydroxyl groups is 2. The van der Waals surface area contributed by atoms with E-state index in [1.54, 1.807) is 13.0 Å². The van der Waals surface area contributed by atoms with Crippen LogP contribution in [-0.2, 0) is 11.2 Å². The van der Waals surface area contributed by atoms with E-state index < -0.39 is 11.4 Å². The Morgan fingerprint density at radius 1 is 1.13 bits per heavy atom. The van der Waals surface area contributed by atoms with Gasteiger partial charge in [0.1, 0.15) is 0 Å². The third-order valence-corrected chi connectivity index (χ3v) is 5.88. The van der Waals surface area contributed by atoms with E-state index in [0.717, 1.165) is 6.42 Å². The molecule has 0 aliphatic carbocycles. The molecule has 0 spiro atoms. The molecule has 1 aromatic heterocycles. The predicted octanol–water partition coefficient (Wildman–Crippen LogP) is 4.65. The van der Waals surface area contributed by atoms with Gasteiger partial charge in [0, 0.05) is 17.0 Å². The van der Waals surface area contributed by atoms with Crippen LogP contribution in [0.1, 0.15) is 42.9 Å². The van der Waals surface area contributed by atoms with Crippen LogP contribution in [0.5, 0.6) is 11.5 Å². The standard InChI is InChI=1S/C24H26ClNO5/c1-13(2)17(15-4-6-16(25)7-5-15)10-11-26-21(28)12-19-14(3)18-8-9-20(27)22(29)23(18)31-24(19)30/h4-9,13,17,27,29H,10-12H2,1-3H3,(H,26,28)/t17-/m0/s1. The number of rotatable bonds is 7. The van der Waals surface area contributed by atoms with Gasteiger partial charge in [-0.05, 0) is 60.6 Å². The third-order valence-electron chi connectivity index (χ3n) is 5.63. The summed E-state index contributed by atoms with van der Waals surface area (Å²) in [5.74, 6) is -0.495. The number of halogens is 1. The summed E-state index contributed by atoms with van der Waals surface area (Å²) in [6.45, 7) is 6.43. The molecule has 3 N–H and O–H groups in total. The lowest BCUT2D eigenvalue weighted by molar-refractivity contribution is -0.120. The van der Waals surface area contributed by atoms with Gasteiger partial charge in [-0.3, -0.25) is 4.79 Å². The Kier molecular flexibility index (Phi) is 6.91. The van der Waals surface area contributed by atoms with Crippen LogP contribution in [0.25, 0.3) is 11.0 Å². The normalized spacial score (nSPS) is 12.3. The van der Waals surface area contributed by atoms with Crippen molar-refractivity contribution in [3.8, 4) is 11.5 Å². The van der Waals surface area contributed by atoms with Crippen molar-refractivity contribution in [2.24, 2.45) is 5.92 Å². The zero-order valence-electron chi connectivity index (χ0n) is 17.7. The number of phenolic OH excluding ortho intramolecular Hbond substituents is 2. The number of fused-ring (bicyclic) bond motifs is 1. The molecular weight excluding hydrogens is 418 g/mol. The van der Waals surface area contributed by atoms with E-state index >= 15 is 0 Å². The fourth-order valence-corrected chi connectivity index (χ4v) is 3.95. The second-order valence-corrected chi connectivity index (χ2v) is 8.46. The highest BCUT2D eigenvalue weighted by Crippen LogP contribution is 2.34. The summed E-state index contributed by atoms with van der Waals surface area (Å²) < 4.78 is 5.17. The van der Waals surface area contributed by atoms with E-state index in [1.165, 1.54) is 11.6 Å². The lowest BCUT2D eigenvalue weighted by Crippen LogP contribution is -2.30. The number of carbonyl (C=O) groups is 1. The molecule has 0 aliphatic rings. The highest BCUT2D eigenvalue weighted by molar-refractivity contribution is 6.30. The molecule has 1 heterocycles. The second kappa shape index (κ2) is 9.43. The van der Waals surface area contributed by atoms with Gasteiger partial charge in [-0.1, -0.05) is 37.6 Å². The first-order valence-electron chi connectivity index (χ1n) is 10.2. The van der Waals surface area contributed by atoms with Crippen LogP contribution in [0.4, 0.5) is 0 Å². The van der Waals surface area contributed by atoms with Crippen molar-refractivity contribution >= 4 is 28.5 Å². The van der Waals surface area contributed by atoms with E-state index in [-0.39, 0.29) is 35.1 Å². The van der Waals surface area contributed by atoms with Gasteiger partial charge < -0.3 is 19.9 Å². The molecule has 1 atom stereocenters. The largest absolute Gasteiger partial charge is 0.504 e. The van der Waals surface area contributed by atoms with Crippen LogP contribution in [0.15, 0.2) is 45.6 Å². The molecular formula is C24H26ClNO5. The smallest absolute Gasteiger partial charge is 0.340 e. The molecule has 0 saturated heterocycles. The van der Waals surface area contributed by atoms with E-state index in [2.05, 4.69) is 19.2 Å². The van der Waals surface area contributed by atoms with Crippen molar-refractivity contribution in [3.05, 3.63) is 68.5 Å². The van der Waals surface area contributed by atoms with Crippen molar-refractivity contribution in [1.82, 2.24) is 5.32 Å². The number of phenols is 2. The molecule has 3 aromatic rings. The Hall–Kier alpha value is -2.99. The molecule has 164 valence electrons. The SMILES string of the molecule is Cc1c(CC(=O)NCC[C@H](c2ccc(Cl)cc2)C(C)C)c(=O)oc2c(O)c(O)ccc12. The van der Waals surface area contributed by atoms with Crippen molar-refractivity contribution < 1.29 is 19.4 Å². The van der Waals surface area contributed by atoms with E-state index in [0.29, 0.717) is 28.4 Å². The number of hydrogen-bond donors (Lipinski definition) is 3. The minimum Gasteiger partial charge on any atom is -0.504 e. The average Bonchev–Trinajstić information content (AvgIpc) is 2.72. The summed E-state index contributed by atoms with van der Waals surface area (Å²) in [4.78, 5) is 24.9. The Bertz CT molecular complexity index is 1150. The molecule has 1 amide bonds. The topological polar surface area (TPSA) is 99.8 Å². The van der Waals surface area contributed by atoms with E-state index in [4.69, 9.17) is 16.0 Å². The minimum absolute atomic E-state index is 0.0885. The molecule has 0 bridgehead atoms. The number of aryl methyl sites for hydroxylation is 1. The fourth-order valence-electron chi connectivity index (χ4n) is 3.82. The first kappa shape index (κ1) is 22.7. The minimum atomic E-state index is -0.706. The molecule has 7 heteroatoms. The summed E-state index contributed by atoms with van der Waals surface area (Å²) in [5.41, 5.74) is 1.14. The van der Waals surface area contributed by atoms with Gasteiger partial charge in [0.25, 0.3) is 0 Å². The number of benzene rings is 2. The van der Waals surface area contributed by atoms with Crippen LogP contribution in [-0.4, -0.2) is 22.7 Å². The molecule has 2 aromatic carbocycles. The molecule has 3 rings (SSSR count). The van der Waals surface area contributed by atoms with Crippen LogP contribution in [0.3, 0.4) is 0 Å². The van der Waals surface area contributed by atoms with Gasteiger partial charge >= 0.3 is 5.63 Å². The Morgan fingerprint density at radius 3 is 2.45 bits per heavy atom. The number of hydrogen-bond acceptors (Lipinski definition) is 5. The Balaban J connectivity index is 1.69. The summed E-state index contributed by atoms with van der Waals surface area (Å²) in [5, 5.41) is 23.6. The third kappa shape index (κ3) is 5.02. The predicted molar refractivity (Wildman–Crippen MR) is 121 cm³/mol. The van der Waals surface area contributed by atoms with Gasteiger partial charge in [0.05, 0.1) is 12.0 Å². The van der Waals surface area contributed by atoms with Crippen LogP contribution < -0.4 is 10.9 Å². The summed E-state index contributed by atoms with van der Waals surface area (Å²) >= 11 is 5.98. The highest BCUT2D eigenvalue weighted by Gasteiger charge is 2.19. The maximum Gasteiger partial charge on any atom is 0.340 e. The van der Waals surface area contributed by atoms with Crippen LogP contribution >= 0.6 is 11.6 Å². The van der Waals surface area contributed by atoms with Crippen molar-refractivity contribution in [3.63, 3.8) is 0 Å². The second-order valence-electron chi connectivity index (χ2n) is 8.02. The zero-order chi connectivity index (χ0) is 22.7. The highest BCUT2D eigenvalue weighted by atomic mass is 35.5. The number of amides is 1. The monoisotopic (exact) mass is 443 g/mol. The molecule has 0 fully saturated rings. The van der Waals surface area contributed by atoms with Gasteiger partial charge in [0.15, 0.2) is 11.3 Å². The van der Waals surface area contributed by atoms with Gasteiger partial charge in [0.2, 0.25) is 11.7 Å². The molecule has 6 nitrogen and oxygen atoms in total. The van der Waals surface area contributed by atoms with Gasteiger partial charge in [-0.25, -0.2) is 4.79 Å². The summed E-state index contributed by atoms with van der Waals surface area (Å²) in [6.07, 6.45) is 0.628. The first-order chi connectivity index (χ1) is 14.7. The summed E-state index contributed by atoms with van der Waals surface area (Å²) in [7, 11) is 0. The molecule has 0 radical (unpaired) electrons. The molecule has 31 heavy (non-hydrogen) atoms. The molecule has 0 unspecified atom stereocenters. The average molecular weight is 444 g/mol. The lowest BCUT2D eigenvalue weighted by Gasteiger charge is -2.21. The quantitative estimate of drug-likeness (QED) is 0.364. The Labute approximate surface area is 185 Å². The maximum atomic E-state index is 12.5. The zero-order valence-corrected chi connectivity index (χ0v) is 18.5. The van der Waals surface area contributed by atoms with Crippen molar-refractivity contribution in [1.29, 1.82) is 0 Å². The van der Waals surface area contributed by atoms with E-state index in [9.17, 15) is 19.8 Å². The van der Waals surface area contributed by atoms with Crippen LogP contribution in [0.2, 0.25) is 5.02 Å². The first-order valence-corrected chi connectivity index (χ1v) is 10.6. The fraction of sp³-hybridized carbons (Fsp3) is 0.333. The number of carbonyl (C=O) groups excluding carboxylic acids is 1. The molecule has 0 saturated carbocycles. The summed E-state index contributed by atoms with van der Waals surface area (Å²) in [6, 6.07) is 10.6. The van der Waals surface area contributed by atoms with Crippen LogP contribution in [0, 0.1) is 12.8 Å². The van der Waals surface area contributed by atoms with E-state index in [1.807, 2.05) is 24.3 Å².